The summed E-state index contributed by atoms with van der Waals surface area (Å²) >= 11 is 0. The van der Waals surface area contributed by atoms with E-state index in [9.17, 15) is 13.6 Å². The molecule has 0 fully saturated rings. The van der Waals surface area contributed by atoms with Crippen LogP contribution in [0, 0.1) is 25.5 Å². The lowest BCUT2D eigenvalue weighted by Crippen LogP contribution is -2.19. The Bertz CT molecular complexity index is 991. The first-order chi connectivity index (χ1) is 13.0. The number of carbonyl (C=O) groups excluding carboxylic acids is 1. The van der Waals surface area contributed by atoms with Gasteiger partial charge in [0.25, 0.3) is 0 Å². The number of halogens is 2. The Balaban J connectivity index is 1.71. The summed E-state index contributed by atoms with van der Waals surface area (Å²) in [7, 11) is 0. The van der Waals surface area contributed by atoms with Crippen molar-refractivity contribution >= 4 is 12.1 Å². The minimum atomic E-state index is -0.345. The highest BCUT2D eigenvalue weighted by atomic mass is 19.1. The molecule has 1 aromatic heterocycles. The first-order valence-electron chi connectivity index (χ1n) is 8.46. The van der Waals surface area contributed by atoms with Gasteiger partial charge in [-0.3, -0.25) is 4.79 Å². The van der Waals surface area contributed by atoms with Gasteiger partial charge in [0.2, 0.25) is 5.91 Å². The highest BCUT2D eigenvalue weighted by Crippen LogP contribution is 2.21. The van der Waals surface area contributed by atoms with Crippen molar-refractivity contribution in [2.24, 2.45) is 5.10 Å². The fraction of sp³-hybridized carbons (Fsp3) is 0.143. The molecule has 138 valence electrons. The Labute approximate surface area is 156 Å². The summed E-state index contributed by atoms with van der Waals surface area (Å²) in [6.45, 7) is 3.74. The van der Waals surface area contributed by atoms with Gasteiger partial charge in [0, 0.05) is 17.0 Å². The molecule has 3 aromatic rings. The zero-order valence-corrected chi connectivity index (χ0v) is 15.0. The maximum atomic E-state index is 14.1. The van der Waals surface area contributed by atoms with Crippen molar-refractivity contribution < 1.29 is 13.6 Å². The van der Waals surface area contributed by atoms with Crippen LogP contribution in [0.5, 0.6) is 0 Å². The first-order valence-corrected chi connectivity index (χ1v) is 8.46. The second kappa shape index (κ2) is 7.95. The molecule has 2 aromatic carbocycles. The largest absolute Gasteiger partial charge is 0.315 e. The normalized spacial score (nSPS) is 11.1. The van der Waals surface area contributed by atoms with Crippen molar-refractivity contribution in [2.75, 3.05) is 0 Å². The lowest BCUT2D eigenvalue weighted by molar-refractivity contribution is -0.120. The van der Waals surface area contributed by atoms with E-state index in [1.807, 2.05) is 19.9 Å². The van der Waals surface area contributed by atoms with Crippen molar-refractivity contribution in [3.05, 3.63) is 88.7 Å². The van der Waals surface area contributed by atoms with Crippen molar-refractivity contribution in [3.8, 4) is 5.69 Å². The predicted octanol–water partition coefficient (Wildman–Crippen LogP) is 4.07. The van der Waals surface area contributed by atoms with Crippen LogP contribution in [-0.2, 0) is 11.2 Å². The van der Waals surface area contributed by atoms with Gasteiger partial charge in [0.15, 0.2) is 0 Å². The summed E-state index contributed by atoms with van der Waals surface area (Å²) in [5.41, 5.74) is 6.06. The summed E-state index contributed by atoms with van der Waals surface area (Å²) in [6, 6.07) is 14.1. The second-order valence-electron chi connectivity index (χ2n) is 6.21. The van der Waals surface area contributed by atoms with Gasteiger partial charge in [-0.15, -0.1) is 0 Å². The number of para-hydroxylation sites is 1. The van der Waals surface area contributed by atoms with E-state index in [0.29, 0.717) is 11.3 Å². The molecule has 3 rings (SSSR count). The van der Waals surface area contributed by atoms with E-state index < -0.39 is 0 Å². The van der Waals surface area contributed by atoms with Gasteiger partial charge in [0.05, 0.1) is 18.3 Å². The van der Waals surface area contributed by atoms with Gasteiger partial charge in [-0.05, 0) is 49.7 Å². The molecule has 0 atom stereocenters. The Morgan fingerprint density at radius 1 is 1.11 bits per heavy atom. The Morgan fingerprint density at radius 2 is 1.81 bits per heavy atom. The average molecular weight is 367 g/mol. The van der Waals surface area contributed by atoms with E-state index in [-0.39, 0.29) is 24.0 Å². The maximum Gasteiger partial charge on any atom is 0.244 e. The molecule has 6 heteroatoms. The highest BCUT2D eigenvalue weighted by molar-refractivity contribution is 5.84. The van der Waals surface area contributed by atoms with Crippen LogP contribution < -0.4 is 5.43 Å². The Hall–Kier alpha value is -3.28. The summed E-state index contributed by atoms with van der Waals surface area (Å²) in [5, 5.41) is 3.98. The number of rotatable bonds is 5. The van der Waals surface area contributed by atoms with Gasteiger partial charge in [-0.1, -0.05) is 24.3 Å². The highest BCUT2D eigenvalue weighted by Gasteiger charge is 2.12. The van der Waals surface area contributed by atoms with E-state index in [0.717, 1.165) is 17.0 Å². The summed E-state index contributed by atoms with van der Waals surface area (Å²) < 4.78 is 28.8. The third kappa shape index (κ3) is 4.28. The quantitative estimate of drug-likeness (QED) is 0.536. The third-order valence-electron chi connectivity index (χ3n) is 4.23. The third-order valence-corrected chi connectivity index (χ3v) is 4.23. The SMILES string of the molecule is Cc1cc(/C=N/NC(=O)Cc2ccc(F)cc2)c(C)n1-c1ccccc1F. The molecular weight excluding hydrogens is 348 g/mol. The fourth-order valence-corrected chi connectivity index (χ4v) is 2.92. The molecule has 1 N–H and O–H groups in total. The van der Waals surface area contributed by atoms with E-state index >= 15 is 0 Å². The molecule has 0 radical (unpaired) electrons. The zero-order chi connectivity index (χ0) is 19.4. The van der Waals surface area contributed by atoms with Crippen LogP contribution in [0.4, 0.5) is 8.78 Å². The molecule has 0 spiro atoms. The zero-order valence-electron chi connectivity index (χ0n) is 15.0. The van der Waals surface area contributed by atoms with E-state index in [4.69, 9.17) is 0 Å². The van der Waals surface area contributed by atoms with Crippen molar-refractivity contribution in [1.29, 1.82) is 0 Å². The number of hydrazone groups is 1. The van der Waals surface area contributed by atoms with Crippen molar-refractivity contribution in [1.82, 2.24) is 9.99 Å². The first kappa shape index (κ1) is 18.5. The van der Waals surface area contributed by atoms with Gasteiger partial charge in [0.1, 0.15) is 11.6 Å². The standard InChI is InChI=1S/C21H19F2N3O/c1-14-11-17(15(2)26(14)20-6-4-3-5-19(20)23)13-24-25-21(27)12-16-7-9-18(22)10-8-16/h3-11,13H,12H2,1-2H3,(H,25,27)/b24-13+. The van der Waals surface area contributed by atoms with E-state index in [2.05, 4.69) is 10.5 Å². The lowest BCUT2D eigenvalue weighted by atomic mass is 10.1. The van der Waals surface area contributed by atoms with Crippen LogP contribution in [-0.4, -0.2) is 16.7 Å². The topological polar surface area (TPSA) is 46.4 Å². The number of hydrogen-bond acceptors (Lipinski definition) is 2. The number of hydrogen-bond donors (Lipinski definition) is 1. The number of aromatic nitrogens is 1. The molecular formula is C21H19F2N3O. The monoisotopic (exact) mass is 367 g/mol. The number of nitrogens with one attached hydrogen (secondary N) is 1. The van der Waals surface area contributed by atoms with Crippen molar-refractivity contribution in [3.63, 3.8) is 0 Å². The lowest BCUT2D eigenvalue weighted by Gasteiger charge is -2.10. The predicted molar refractivity (Wildman–Crippen MR) is 101 cm³/mol. The van der Waals surface area contributed by atoms with Crippen LogP contribution in [0.15, 0.2) is 59.7 Å². The minimum Gasteiger partial charge on any atom is -0.315 e. The molecule has 1 amide bonds. The van der Waals surface area contributed by atoms with Crippen LogP contribution in [0.3, 0.4) is 0 Å². The van der Waals surface area contributed by atoms with Gasteiger partial charge < -0.3 is 4.57 Å². The number of benzene rings is 2. The molecule has 4 nitrogen and oxygen atoms in total. The Morgan fingerprint density at radius 3 is 2.52 bits per heavy atom. The van der Waals surface area contributed by atoms with Gasteiger partial charge >= 0.3 is 0 Å². The van der Waals surface area contributed by atoms with Crippen LogP contribution in [0.1, 0.15) is 22.5 Å². The molecule has 1 heterocycles. The molecule has 0 saturated heterocycles. The average Bonchev–Trinajstić information content (AvgIpc) is 2.91. The second-order valence-corrected chi connectivity index (χ2v) is 6.21. The van der Waals surface area contributed by atoms with Gasteiger partial charge in [-0.25, -0.2) is 14.2 Å². The van der Waals surface area contributed by atoms with Gasteiger partial charge in [-0.2, -0.15) is 5.10 Å². The number of aryl methyl sites for hydroxylation is 1. The molecule has 27 heavy (non-hydrogen) atoms. The van der Waals surface area contributed by atoms with Crippen molar-refractivity contribution in [2.45, 2.75) is 20.3 Å². The van der Waals surface area contributed by atoms with Crippen LogP contribution >= 0.6 is 0 Å². The maximum absolute atomic E-state index is 14.1. The number of nitrogens with zero attached hydrogens (tertiary/aromatic N) is 2. The van der Waals surface area contributed by atoms with E-state index in [1.165, 1.54) is 24.4 Å². The minimum absolute atomic E-state index is 0.103. The van der Waals surface area contributed by atoms with E-state index in [1.54, 1.807) is 34.9 Å². The smallest absolute Gasteiger partial charge is 0.244 e. The molecule has 0 saturated carbocycles. The molecule has 0 unspecified atom stereocenters. The van der Waals surface area contributed by atoms with Crippen LogP contribution in [0.2, 0.25) is 0 Å². The summed E-state index contributed by atoms with van der Waals surface area (Å²) in [4.78, 5) is 11.9. The van der Waals surface area contributed by atoms with Crippen LogP contribution in [0.25, 0.3) is 5.69 Å². The number of amides is 1. The molecule has 0 bridgehead atoms. The Kier molecular flexibility index (Phi) is 5.45. The summed E-state index contributed by atoms with van der Waals surface area (Å²) in [6.07, 6.45) is 1.63. The molecule has 0 aliphatic carbocycles. The molecule has 0 aliphatic rings. The summed E-state index contributed by atoms with van der Waals surface area (Å²) in [5.74, 6) is -0.960. The molecule has 0 aliphatic heterocycles. The fourth-order valence-electron chi connectivity index (χ4n) is 2.92. The number of carbonyl (C=O) groups is 1.